The molecule has 1 saturated heterocycles. The maximum Gasteiger partial charge on any atom is 0.410 e. The highest BCUT2D eigenvalue weighted by molar-refractivity contribution is 5.70. The molecule has 0 bridgehead atoms. The Morgan fingerprint density at radius 2 is 1.71 bits per heavy atom. The van der Waals surface area contributed by atoms with Crippen molar-refractivity contribution in [3.8, 4) is 0 Å². The molecule has 1 aliphatic carbocycles. The van der Waals surface area contributed by atoms with Crippen LogP contribution in [0.1, 0.15) is 54.4 Å². The van der Waals surface area contributed by atoms with E-state index in [4.69, 9.17) is 4.74 Å². The van der Waals surface area contributed by atoms with E-state index in [-0.39, 0.29) is 11.5 Å². The number of piperidine rings is 1. The minimum atomic E-state index is -0.396. The second-order valence-electron chi connectivity index (χ2n) is 7.57. The van der Waals surface area contributed by atoms with Crippen LogP contribution in [-0.2, 0) is 4.74 Å². The van der Waals surface area contributed by atoms with Crippen LogP contribution in [0, 0.1) is 11.3 Å². The van der Waals surface area contributed by atoms with Gasteiger partial charge >= 0.3 is 6.09 Å². The smallest absolute Gasteiger partial charge is 0.410 e. The van der Waals surface area contributed by atoms with Crippen molar-refractivity contribution in [1.29, 1.82) is 0 Å². The van der Waals surface area contributed by atoms with Crippen LogP contribution in [0.25, 0.3) is 0 Å². The molecule has 2 aliphatic rings. The molecular weight excluding hydrogens is 214 g/mol. The van der Waals surface area contributed by atoms with Crippen molar-refractivity contribution < 1.29 is 9.53 Å². The zero-order chi connectivity index (χ0) is 13.0. The average molecular weight is 239 g/mol. The minimum absolute atomic E-state index is 0.123. The van der Waals surface area contributed by atoms with Crippen molar-refractivity contribution >= 4 is 6.09 Å². The van der Waals surface area contributed by atoms with Crippen LogP contribution in [-0.4, -0.2) is 28.7 Å². The van der Waals surface area contributed by atoms with E-state index in [1.54, 1.807) is 0 Å². The van der Waals surface area contributed by atoms with Crippen molar-refractivity contribution in [1.82, 2.24) is 4.90 Å². The molecule has 1 heterocycles. The van der Waals surface area contributed by atoms with Gasteiger partial charge in [0.15, 0.2) is 0 Å². The molecule has 98 valence electrons. The van der Waals surface area contributed by atoms with Crippen molar-refractivity contribution in [2.75, 3.05) is 0 Å². The summed E-state index contributed by atoms with van der Waals surface area (Å²) in [5.74, 6) is 0.728. The Morgan fingerprint density at radius 1 is 1.12 bits per heavy atom. The summed E-state index contributed by atoms with van der Waals surface area (Å²) in [5.41, 5.74) is -0.253. The third kappa shape index (κ3) is 2.58. The van der Waals surface area contributed by atoms with E-state index in [0.717, 1.165) is 12.3 Å². The van der Waals surface area contributed by atoms with E-state index < -0.39 is 5.60 Å². The Bertz CT molecular complexity index is 324. The van der Waals surface area contributed by atoms with Gasteiger partial charge in [0.2, 0.25) is 0 Å². The van der Waals surface area contributed by atoms with E-state index in [0.29, 0.717) is 12.1 Å². The molecule has 2 rings (SSSR count). The summed E-state index contributed by atoms with van der Waals surface area (Å²) < 4.78 is 5.53. The highest BCUT2D eigenvalue weighted by Gasteiger charge is 2.57. The van der Waals surface area contributed by atoms with Crippen LogP contribution in [0.5, 0.6) is 0 Å². The van der Waals surface area contributed by atoms with Crippen molar-refractivity contribution in [2.45, 2.75) is 72.1 Å². The van der Waals surface area contributed by atoms with Crippen LogP contribution in [0.15, 0.2) is 0 Å². The number of carbonyl (C=O) groups is 1. The van der Waals surface area contributed by atoms with Crippen LogP contribution in [0.4, 0.5) is 4.79 Å². The number of hydrogen-bond acceptors (Lipinski definition) is 2. The molecule has 0 aromatic carbocycles. The normalized spacial score (nSPS) is 32.4. The molecule has 1 saturated carbocycles. The largest absolute Gasteiger partial charge is 0.444 e. The van der Waals surface area contributed by atoms with Gasteiger partial charge in [0.25, 0.3) is 0 Å². The van der Waals surface area contributed by atoms with Gasteiger partial charge in [-0.15, -0.1) is 0 Å². The molecule has 3 heteroatoms. The highest BCUT2D eigenvalue weighted by Crippen LogP contribution is 2.52. The van der Waals surface area contributed by atoms with Gasteiger partial charge in [0.05, 0.1) is 0 Å². The highest BCUT2D eigenvalue weighted by atomic mass is 16.6. The molecule has 2 unspecified atom stereocenters. The number of hydrogen-bond donors (Lipinski definition) is 0. The van der Waals surface area contributed by atoms with Gasteiger partial charge in [-0.3, -0.25) is 0 Å². The van der Waals surface area contributed by atoms with Gasteiger partial charge in [-0.2, -0.15) is 0 Å². The summed E-state index contributed by atoms with van der Waals surface area (Å²) in [5, 5.41) is 0. The van der Waals surface area contributed by atoms with Gasteiger partial charge in [-0.05, 0) is 44.9 Å². The zero-order valence-electron chi connectivity index (χ0n) is 11.9. The Kier molecular flexibility index (Phi) is 2.72. The fourth-order valence-corrected chi connectivity index (χ4v) is 2.81. The van der Waals surface area contributed by atoms with Crippen molar-refractivity contribution in [2.24, 2.45) is 11.3 Å². The second kappa shape index (κ2) is 3.63. The van der Waals surface area contributed by atoms with Gasteiger partial charge in [0.1, 0.15) is 5.60 Å². The lowest BCUT2D eigenvalue weighted by Gasteiger charge is -2.37. The summed E-state index contributed by atoms with van der Waals surface area (Å²) in [4.78, 5) is 14.3. The average Bonchev–Trinajstić information content (AvgIpc) is 2.71. The molecular formula is C14H25NO2. The molecule has 1 amide bonds. The number of nitrogens with zero attached hydrogens (tertiary/aromatic N) is 1. The van der Waals surface area contributed by atoms with E-state index in [1.165, 1.54) is 6.42 Å². The fourth-order valence-electron chi connectivity index (χ4n) is 2.81. The fraction of sp³-hybridized carbons (Fsp3) is 0.929. The molecule has 0 N–H and O–H groups in total. The van der Waals surface area contributed by atoms with Gasteiger partial charge in [-0.1, -0.05) is 20.8 Å². The van der Waals surface area contributed by atoms with Gasteiger partial charge < -0.3 is 9.64 Å². The standard InChI is InChI=1S/C14H25NO2/c1-13(2,3)11-8-9-7-10(9)15(11)12(16)17-14(4,5)6/h9-11H,7-8H2,1-6H3/t9?,10?,11-/m0/s1. The Morgan fingerprint density at radius 3 is 2.18 bits per heavy atom. The second-order valence-corrected chi connectivity index (χ2v) is 7.57. The van der Waals surface area contributed by atoms with E-state index >= 15 is 0 Å². The molecule has 17 heavy (non-hydrogen) atoms. The first-order valence-electron chi connectivity index (χ1n) is 6.61. The summed E-state index contributed by atoms with van der Waals surface area (Å²) in [6.07, 6.45) is 2.20. The number of likely N-dealkylation sites (tertiary alicyclic amines) is 1. The van der Waals surface area contributed by atoms with Crippen molar-refractivity contribution in [3.63, 3.8) is 0 Å². The third-order valence-corrected chi connectivity index (χ3v) is 3.71. The molecule has 0 spiro atoms. The zero-order valence-corrected chi connectivity index (χ0v) is 11.9. The van der Waals surface area contributed by atoms with Crippen LogP contribution >= 0.6 is 0 Å². The number of rotatable bonds is 0. The quantitative estimate of drug-likeness (QED) is 0.648. The number of fused-ring (bicyclic) bond motifs is 1. The van der Waals surface area contributed by atoms with Gasteiger partial charge in [-0.25, -0.2) is 4.79 Å². The summed E-state index contributed by atoms with van der Waals surface area (Å²) in [7, 11) is 0. The lowest BCUT2D eigenvalue weighted by atomic mass is 9.84. The molecule has 2 fully saturated rings. The van der Waals surface area contributed by atoms with Crippen LogP contribution in [0.2, 0.25) is 0 Å². The number of ether oxygens (including phenoxy) is 1. The first-order valence-corrected chi connectivity index (χ1v) is 6.61. The Labute approximate surface area is 105 Å². The van der Waals surface area contributed by atoms with Crippen LogP contribution in [0.3, 0.4) is 0 Å². The summed E-state index contributed by atoms with van der Waals surface area (Å²) >= 11 is 0. The Hall–Kier alpha value is -0.730. The number of carbonyl (C=O) groups excluding carboxylic acids is 1. The lowest BCUT2D eigenvalue weighted by Crippen LogP contribution is -2.47. The SMILES string of the molecule is CC(C)(C)OC(=O)N1C2CC2C[C@H]1C(C)(C)C. The van der Waals surface area contributed by atoms with E-state index in [9.17, 15) is 4.79 Å². The summed E-state index contributed by atoms with van der Waals surface area (Å²) in [6, 6.07) is 0.787. The predicted molar refractivity (Wildman–Crippen MR) is 67.8 cm³/mol. The molecule has 0 aromatic heterocycles. The Balaban J connectivity index is 2.10. The monoisotopic (exact) mass is 239 g/mol. The third-order valence-electron chi connectivity index (χ3n) is 3.71. The molecule has 0 radical (unpaired) electrons. The summed E-state index contributed by atoms with van der Waals surface area (Å²) in [6.45, 7) is 12.4. The lowest BCUT2D eigenvalue weighted by molar-refractivity contribution is 0.00638. The first-order chi connectivity index (χ1) is 7.59. The molecule has 3 nitrogen and oxygen atoms in total. The van der Waals surface area contributed by atoms with E-state index in [1.807, 2.05) is 25.7 Å². The maximum absolute atomic E-state index is 12.3. The van der Waals surface area contributed by atoms with Gasteiger partial charge in [0, 0.05) is 12.1 Å². The van der Waals surface area contributed by atoms with Crippen molar-refractivity contribution in [3.05, 3.63) is 0 Å². The molecule has 0 aromatic rings. The minimum Gasteiger partial charge on any atom is -0.444 e. The van der Waals surface area contributed by atoms with Crippen LogP contribution < -0.4 is 0 Å². The topological polar surface area (TPSA) is 29.5 Å². The molecule has 3 atom stereocenters. The van der Waals surface area contributed by atoms with E-state index in [2.05, 4.69) is 20.8 Å². The number of amides is 1. The first kappa shape index (κ1) is 12.7. The maximum atomic E-state index is 12.3. The molecule has 1 aliphatic heterocycles. The predicted octanol–water partition coefficient (Wildman–Crippen LogP) is 3.43.